The lowest BCUT2D eigenvalue weighted by atomic mass is 9.98. The summed E-state index contributed by atoms with van der Waals surface area (Å²) in [5, 5.41) is 15.8. The number of alkyl halides is 3. The molecule has 0 spiro atoms. The Bertz CT molecular complexity index is 1240. The van der Waals surface area contributed by atoms with Gasteiger partial charge in [0, 0.05) is 49.9 Å². The lowest BCUT2D eigenvalue weighted by Gasteiger charge is -2.38. The zero-order valence-electron chi connectivity index (χ0n) is 21.0. The molecule has 1 aromatic carbocycles. The molecule has 4 heterocycles. The molecule has 1 amide bonds. The minimum absolute atomic E-state index is 0.196. The first-order valence-electron chi connectivity index (χ1n) is 12.7. The lowest BCUT2D eigenvalue weighted by Crippen LogP contribution is -2.52. The first-order valence-corrected chi connectivity index (χ1v) is 12.7. The van der Waals surface area contributed by atoms with Crippen LogP contribution in [0.5, 0.6) is 0 Å². The van der Waals surface area contributed by atoms with Crippen LogP contribution >= 0.6 is 0 Å². The third-order valence-corrected chi connectivity index (χ3v) is 7.23. The molecule has 2 saturated heterocycles. The van der Waals surface area contributed by atoms with Gasteiger partial charge in [-0.05, 0) is 43.2 Å². The normalized spacial score (nSPS) is 23.6. The smallest absolute Gasteiger partial charge is 0.391 e. The molecule has 5 rings (SSSR count). The van der Waals surface area contributed by atoms with Gasteiger partial charge < -0.3 is 25.4 Å². The van der Waals surface area contributed by atoms with Gasteiger partial charge >= 0.3 is 6.18 Å². The van der Waals surface area contributed by atoms with E-state index < -0.39 is 18.1 Å². The number of anilines is 1. The van der Waals surface area contributed by atoms with Crippen LogP contribution in [0.4, 0.5) is 19.0 Å². The summed E-state index contributed by atoms with van der Waals surface area (Å²) in [5.74, 6) is -0.565. The van der Waals surface area contributed by atoms with E-state index in [1.165, 1.54) is 6.20 Å². The largest absolute Gasteiger partial charge is 0.449 e. The summed E-state index contributed by atoms with van der Waals surface area (Å²) in [4.78, 5) is 26.0. The third kappa shape index (κ3) is 5.62. The van der Waals surface area contributed by atoms with Gasteiger partial charge in [-0.15, -0.1) is 0 Å². The predicted molar refractivity (Wildman–Crippen MR) is 137 cm³/mol. The molecule has 12 heteroatoms. The van der Waals surface area contributed by atoms with Crippen LogP contribution in [-0.2, 0) is 4.74 Å². The number of aliphatic imine (C=N–C) groups is 1. The summed E-state index contributed by atoms with van der Waals surface area (Å²) < 4.78 is 45.0. The Hall–Kier alpha value is -3.22. The van der Waals surface area contributed by atoms with Gasteiger partial charge in [0.05, 0.1) is 36.9 Å². The number of benzene rings is 1. The number of fused-ring (bicyclic) bond motifs is 1. The number of aliphatic hydroxyl groups excluding tert-OH is 1. The van der Waals surface area contributed by atoms with Crippen LogP contribution in [-0.4, -0.2) is 97.0 Å². The average Bonchev–Trinajstić information content (AvgIpc) is 3.35. The van der Waals surface area contributed by atoms with Crippen LogP contribution in [0, 0.1) is 0 Å². The predicted octanol–water partition coefficient (Wildman–Crippen LogP) is 2.07. The Kier molecular flexibility index (Phi) is 7.55. The molecule has 0 saturated carbocycles. The number of nitrogens with one attached hydrogen (secondary N) is 2. The number of nitrogens with zero attached hydrogens (tertiary/aromatic N) is 4. The topological polar surface area (TPSA) is 102 Å². The van der Waals surface area contributed by atoms with E-state index in [9.17, 15) is 23.1 Å². The molecule has 2 fully saturated rings. The summed E-state index contributed by atoms with van der Waals surface area (Å²) >= 11 is 0. The summed E-state index contributed by atoms with van der Waals surface area (Å²) in [6.45, 7) is 5.25. The lowest BCUT2D eigenvalue weighted by molar-refractivity contribution is -0.0618. The molecule has 1 aromatic heterocycles. The SMILES string of the molecule is CC1N=C(C(F)(F)F)NC=C1C(CNC(=O)c1cccc2nc(N3CCC(O)C3)ccc12)N1CCOCC1. The summed E-state index contributed by atoms with van der Waals surface area (Å²) in [7, 11) is 0. The molecular formula is C26H31F3N6O3. The van der Waals surface area contributed by atoms with E-state index in [1.54, 1.807) is 19.1 Å². The number of aliphatic hydroxyl groups is 1. The van der Waals surface area contributed by atoms with Crippen molar-refractivity contribution in [1.82, 2.24) is 20.5 Å². The van der Waals surface area contributed by atoms with Gasteiger partial charge in [0.1, 0.15) is 5.82 Å². The molecule has 0 bridgehead atoms. The van der Waals surface area contributed by atoms with Crippen molar-refractivity contribution in [3.05, 3.63) is 47.7 Å². The number of amides is 1. The minimum atomic E-state index is -4.56. The van der Waals surface area contributed by atoms with Crippen LogP contribution in [0.15, 0.2) is 47.1 Å². The average molecular weight is 533 g/mol. The van der Waals surface area contributed by atoms with Crippen molar-refractivity contribution in [1.29, 1.82) is 0 Å². The molecule has 3 atom stereocenters. The van der Waals surface area contributed by atoms with Crippen molar-refractivity contribution in [3.63, 3.8) is 0 Å². The van der Waals surface area contributed by atoms with Crippen molar-refractivity contribution in [2.45, 2.75) is 37.7 Å². The Morgan fingerprint density at radius 3 is 2.71 bits per heavy atom. The molecule has 3 aliphatic rings. The van der Waals surface area contributed by atoms with E-state index in [0.717, 1.165) is 12.4 Å². The maximum absolute atomic E-state index is 13.3. The quantitative estimate of drug-likeness (QED) is 0.524. The van der Waals surface area contributed by atoms with E-state index in [1.807, 2.05) is 23.1 Å². The first kappa shape index (κ1) is 26.4. The van der Waals surface area contributed by atoms with Crippen LogP contribution in [0.1, 0.15) is 23.7 Å². The Labute approximate surface area is 218 Å². The number of ether oxygens (including phenoxy) is 1. The number of β-amino-alcohol motifs (C(OH)–C–C–N with tert-alkyl or cyclic N) is 1. The molecular weight excluding hydrogens is 501 g/mol. The molecule has 0 aliphatic carbocycles. The molecule has 38 heavy (non-hydrogen) atoms. The number of carbonyl (C=O) groups excluding carboxylic acids is 1. The summed E-state index contributed by atoms with van der Waals surface area (Å²) in [6.07, 6.45) is -2.87. The van der Waals surface area contributed by atoms with Crippen LogP contribution in [0.2, 0.25) is 0 Å². The Morgan fingerprint density at radius 1 is 1.24 bits per heavy atom. The summed E-state index contributed by atoms with van der Waals surface area (Å²) in [5.41, 5.74) is 1.80. The molecule has 3 N–H and O–H groups in total. The first-order chi connectivity index (χ1) is 18.2. The van der Waals surface area contributed by atoms with Crippen molar-refractivity contribution < 1.29 is 27.8 Å². The Balaban J connectivity index is 1.34. The number of aromatic nitrogens is 1. The fourth-order valence-corrected chi connectivity index (χ4v) is 5.21. The monoisotopic (exact) mass is 532 g/mol. The van der Waals surface area contributed by atoms with E-state index in [-0.39, 0.29) is 24.6 Å². The van der Waals surface area contributed by atoms with Crippen LogP contribution in [0.3, 0.4) is 0 Å². The van der Waals surface area contributed by atoms with Crippen molar-refractivity contribution >= 4 is 28.5 Å². The number of pyridine rings is 1. The number of hydrogen-bond donors (Lipinski definition) is 3. The zero-order valence-corrected chi connectivity index (χ0v) is 21.0. The van der Waals surface area contributed by atoms with Crippen molar-refractivity contribution in [2.75, 3.05) is 50.8 Å². The van der Waals surface area contributed by atoms with E-state index in [2.05, 4.69) is 20.5 Å². The van der Waals surface area contributed by atoms with Gasteiger partial charge in [0.15, 0.2) is 0 Å². The minimum Gasteiger partial charge on any atom is -0.391 e. The van der Waals surface area contributed by atoms with E-state index in [0.29, 0.717) is 61.3 Å². The highest BCUT2D eigenvalue weighted by molar-refractivity contribution is 6.06. The molecule has 0 radical (unpaired) electrons. The number of halogens is 3. The number of morpholine rings is 1. The highest BCUT2D eigenvalue weighted by atomic mass is 19.4. The highest BCUT2D eigenvalue weighted by Crippen LogP contribution is 2.26. The molecule has 3 aliphatic heterocycles. The summed E-state index contributed by atoms with van der Waals surface area (Å²) in [6, 6.07) is 7.99. The van der Waals surface area contributed by atoms with Crippen molar-refractivity contribution in [3.8, 4) is 0 Å². The Morgan fingerprint density at radius 2 is 2.03 bits per heavy atom. The maximum atomic E-state index is 13.3. The molecule has 204 valence electrons. The number of hydrogen-bond acceptors (Lipinski definition) is 8. The number of amidine groups is 1. The second-order valence-corrected chi connectivity index (χ2v) is 9.74. The second kappa shape index (κ2) is 10.9. The number of carbonyl (C=O) groups is 1. The molecule has 9 nitrogen and oxygen atoms in total. The fourth-order valence-electron chi connectivity index (χ4n) is 5.21. The zero-order chi connectivity index (χ0) is 26.9. The van der Waals surface area contributed by atoms with Gasteiger partial charge in [-0.2, -0.15) is 13.2 Å². The van der Waals surface area contributed by atoms with Gasteiger partial charge in [-0.25, -0.2) is 4.98 Å². The van der Waals surface area contributed by atoms with Crippen LogP contribution in [0.25, 0.3) is 10.9 Å². The number of rotatable bonds is 6. The van der Waals surface area contributed by atoms with Crippen molar-refractivity contribution in [2.24, 2.45) is 4.99 Å². The third-order valence-electron chi connectivity index (χ3n) is 7.23. The van der Waals surface area contributed by atoms with Gasteiger partial charge in [-0.3, -0.25) is 14.7 Å². The van der Waals surface area contributed by atoms with E-state index in [4.69, 9.17) is 9.72 Å². The van der Waals surface area contributed by atoms with Gasteiger partial charge in [0.2, 0.25) is 5.84 Å². The van der Waals surface area contributed by atoms with Gasteiger partial charge in [0.25, 0.3) is 5.91 Å². The standard InChI is InChI=1S/C26H31F3N6O3/c1-16-20(13-31-25(32-16)26(27,28)29)22(34-9-11-38-12-10-34)14-30-24(37)19-3-2-4-21-18(19)5-6-23(33-21)35-8-7-17(36)15-35/h2-6,13,16-17,22,36H,7-12,14-15H2,1H3,(H,30,37)(H,31,32). The molecule has 3 unspecified atom stereocenters. The van der Waals surface area contributed by atoms with Gasteiger partial charge in [-0.1, -0.05) is 6.07 Å². The fraction of sp³-hybridized carbons (Fsp3) is 0.500. The second-order valence-electron chi connectivity index (χ2n) is 9.74. The van der Waals surface area contributed by atoms with Crippen LogP contribution < -0.4 is 15.5 Å². The highest BCUT2D eigenvalue weighted by Gasteiger charge is 2.39. The molecule has 2 aromatic rings. The van der Waals surface area contributed by atoms with E-state index >= 15 is 0 Å². The maximum Gasteiger partial charge on any atom is 0.449 e.